The molecule has 150 valence electrons. The maximum atomic E-state index is 12.7. The SMILES string of the molecule is CCc1cnc(CCNC(=NC)N2CCC(C(=O)N3CCOCC3)CC2)s1. The van der Waals surface area contributed by atoms with Gasteiger partial charge in [-0.2, -0.15) is 0 Å². The first kappa shape index (κ1) is 20.1. The molecule has 7 nitrogen and oxygen atoms in total. The van der Waals surface area contributed by atoms with Gasteiger partial charge in [-0.05, 0) is 19.3 Å². The number of ether oxygens (including phenoxy) is 1. The molecular weight excluding hydrogens is 362 g/mol. The van der Waals surface area contributed by atoms with Gasteiger partial charge in [0.15, 0.2) is 5.96 Å². The Bertz CT molecular complexity index is 634. The Hall–Kier alpha value is -1.67. The molecule has 0 aromatic carbocycles. The highest BCUT2D eigenvalue weighted by Crippen LogP contribution is 2.20. The summed E-state index contributed by atoms with van der Waals surface area (Å²) in [6.45, 7) is 7.54. The number of carbonyl (C=O) groups excluding carboxylic acids is 1. The van der Waals surface area contributed by atoms with Gasteiger partial charge < -0.3 is 19.9 Å². The van der Waals surface area contributed by atoms with Crippen molar-refractivity contribution in [1.82, 2.24) is 20.1 Å². The van der Waals surface area contributed by atoms with Gasteiger partial charge in [0, 0.05) is 63.2 Å². The summed E-state index contributed by atoms with van der Waals surface area (Å²) < 4.78 is 5.35. The zero-order valence-electron chi connectivity index (χ0n) is 16.4. The van der Waals surface area contributed by atoms with Crippen LogP contribution >= 0.6 is 11.3 Å². The molecule has 2 saturated heterocycles. The number of likely N-dealkylation sites (tertiary alicyclic amines) is 1. The number of thiazole rings is 1. The Morgan fingerprint density at radius 1 is 1.30 bits per heavy atom. The highest BCUT2D eigenvalue weighted by Gasteiger charge is 2.30. The molecular formula is C19H31N5O2S. The first-order valence-corrected chi connectivity index (χ1v) is 10.8. The summed E-state index contributed by atoms with van der Waals surface area (Å²) in [6, 6.07) is 0. The smallest absolute Gasteiger partial charge is 0.225 e. The van der Waals surface area contributed by atoms with E-state index in [1.807, 2.05) is 18.1 Å². The van der Waals surface area contributed by atoms with Crippen molar-refractivity contribution in [1.29, 1.82) is 0 Å². The number of nitrogens with zero attached hydrogens (tertiary/aromatic N) is 4. The molecule has 1 N–H and O–H groups in total. The van der Waals surface area contributed by atoms with E-state index >= 15 is 0 Å². The van der Waals surface area contributed by atoms with Crippen LogP contribution in [0.25, 0.3) is 0 Å². The maximum absolute atomic E-state index is 12.7. The quantitative estimate of drug-likeness (QED) is 0.605. The standard InChI is InChI=1S/C19H31N5O2S/c1-3-16-14-22-17(27-16)4-7-21-19(20-2)24-8-5-15(6-9-24)18(25)23-10-12-26-13-11-23/h14-15H,3-13H2,1-2H3,(H,20,21). The van der Waals surface area contributed by atoms with Gasteiger partial charge >= 0.3 is 0 Å². The molecule has 0 bridgehead atoms. The minimum absolute atomic E-state index is 0.139. The van der Waals surface area contributed by atoms with Crippen molar-refractivity contribution in [2.45, 2.75) is 32.6 Å². The molecule has 1 aromatic rings. The van der Waals surface area contributed by atoms with Crippen molar-refractivity contribution in [2.24, 2.45) is 10.9 Å². The van der Waals surface area contributed by atoms with Crippen molar-refractivity contribution in [3.63, 3.8) is 0 Å². The van der Waals surface area contributed by atoms with E-state index in [4.69, 9.17) is 4.74 Å². The molecule has 2 aliphatic rings. The van der Waals surface area contributed by atoms with E-state index in [9.17, 15) is 4.79 Å². The first-order valence-electron chi connectivity index (χ1n) is 9.97. The average molecular weight is 394 g/mol. The maximum Gasteiger partial charge on any atom is 0.225 e. The topological polar surface area (TPSA) is 70.1 Å². The summed E-state index contributed by atoms with van der Waals surface area (Å²) >= 11 is 1.79. The first-order chi connectivity index (χ1) is 13.2. The number of aliphatic imine (C=N–C) groups is 1. The number of rotatable bonds is 5. The summed E-state index contributed by atoms with van der Waals surface area (Å²) in [5.74, 6) is 1.37. The number of aryl methyl sites for hydroxylation is 1. The molecule has 8 heteroatoms. The van der Waals surface area contributed by atoms with Crippen LogP contribution in [0, 0.1) is 5.92 Å². The molecule has 3 heterocycles. The number of morpholine rings is 1. The molecule has 0 spiro atoms. The molecule has 0 saturated carbocycles. The second-order valence-electron chi connectivity index (χ2n) is 7.00. The van der Waals surface area contributed by atoms with Crippen LogP contribution in [-0.2, 0) is 22.4 Å². The van der Waals surface area contributed by atoms with E-state index in [-0.39, 0.29) is 5.92 Å². The van der Waals surface area contributed by atoms with Gasteiger partial charge in [-0.3, -0.25) is 9.79 Å². The third-order valence-electron chi connectivity index (χ3n) is 5.25. The van der Waals surface area contributed by atoms with Gasteiger partial charge in [0.05, 0.1) is 18.2 Å². The average Bonchev–Trinajstić information content (AvgIpc) is 3.19. The summed E-state index contributed by atoms with van der Waals surface area (Å²) in [5, 5.41) is 4.62. The summed E-state index contributed by atoms with van der Waals surface area (Å²) in [4.78, 5) is 27.1. The molecule has 27 heavy (non-hydrogen) atoms. The van der Waals surface area contributed by atoms with E-state index in [0.29, 0.717) is 19.1 Å². The van der Waals surface area contributed by atoms with Gasteiger partial charge in [0.25, 0.3) is 0 Å². The lowest BCUT2D eigenvalue weighted by molar-refractivity contribution is -0.140. The monoisotopic (exact) mass is 393 g/mol. The minimum atomic E-state index is 0.139. The molecule has 0 unspecified atom stereocenters. The van der Waals surface area contributed by atoms with Crippen LogP contribution in [0.3, 0.4) is 0 Å². The van der Waals surface area contributed by atoms with E-state index in [1.165, 1.54) is 9.88 Å². The molecule has 0 aliphatic carbocycles. The Balaban J connectivity index is 1.42. The fourth-order valence-electron chi connectivity index (χ4n) is 3.62. The zero-order valence-corrected chi connectivity index (χ0v) is 17.3. The number of guanidine groups is 1. The molecule has 1 aromatic heterocycles. The second-order valence-corrected chi connectivity index (χ2v) is 8.20. The van der Waals surface area contributed by atoms with Crippen LogP contribution in [0.2, 0.25) is 0 Å². The van der Waals surface area contributed by atoms with Crippen molar-refractivity contribution >= 4 is 23.2 Å². The normalized spacial score (nSPS) is 19.4. The van der Waals surface area contributed by atoms with Gasteiger partial charge in [-0.25, -0.2) is 4.98 Å². The lowest BCUT2D eigenvalue weighted by Gasteiger charge is -2.36. The number of aromatic nitrogens is 1. The van der Waals surface area contributed by atoms with Gasteiger partial charge in [-0.15, -0.1) is 11.3 Å². The third-order valence-corrected chi connectivity index (χ3v) is 6.45. The van der Waals surface area contributed by atoms with Crippen LogP contribution in [0.15, 0.2) is 11.2 Å². The second kappa shape index (κ2) is 10.0. The highest BCUT2D eigenvalue weighted by atomic mass is 32.1. The Morgan fingerprint density at radius 2 is 2.04 bits per heavy atom. The number of nitrogens with one attached hydrogen (secondary N) is 1. The Kier molecular flexibility index (Phi) is 7.46. The predicted octanol–water partition coefficient (Wildman–Crippen LogP) is 1.39. The lowest BCUT2D eigenvalue weighted by atomic mass is 9.95. The van der Waals surface area contributed by atoms with E-state index < -0.39 is 0 Å². The number of hydrogen-bond donors (Lipinski definition) is 1. The number of amides is 1. The van der Waals surface area contributed by atoms with Crippen LogP contribution in [0.4, 0.5) is 0 Å². The fourth-order valence-corrected chi connectivity index (χ4v) is 4.48. The van der Waals surface area contributed by atoms with Crippen molar-refractivity contribution < 1.29 is 9.53 Å². The molecule has 0 atom stereocenters. The van der Waals surface area contributed by atoms with Gasteiger partial charge in [0.1, 0.15) is 0 Å². The Morgan fingerprint density at radius 3 is 2.67 bits per heavy atom. The number of hydrogen-bond acceptors (Lipinski definition) is 5. The van der Waals surface area contributed by atoms with Crippen LogP contribution < -0.4 is 5.32 Å². The summed E-state index contributed by atoms with van der Waals surface area (Å²) in [5.41, 5.74) is 0. The molecule has 0 radical (unpaired) electrons. The largest absolute Gasteiger partial charge is 0.378 e. The van der Waals surface area contributed by atoms with Crippen molar-refractivity contribution in [3.05, 3.63) is 16.1 Å². The number of carbonyl (C=O) groups is 1. The Labute approximate surface area is 165 Å². The summed E-state index contributed by atoms with van der Waals surface area (Å²) in [7, 11) is 1.83. The number of piperidine rings is 1. The van der Waals surface area contributed by atoms with Crippen LogP contribution in [0.1, 0.15) is 29.7 Å². The van der Waals surface area contributed by atoms with Crippen molar-refractivity contribution in [3.8, 4) is 0 Å². The molecule has 2 aliphatic heterocycles. The predicted molar refractivity (Wildman–Crippen MR) is 108 cm³/mol. The van der Waals surface area contributed by atoms with Gasteiger partial charge in [0.2, 0.25) is 5.91 Å². The van der Waals surface area contributed by atoms with Crippen LogP contribution in [0.5, 0.6) is 0 Å². The van der Waals surface area contributed by atoms with Gasteiger partial charge in [-0.1, -0.05) is 6.92 Å². The molecule has 1 amide bonds. The van der Waals surface area contributed by atoms with E-state index in [1.54, 1.807) is 11.3 Å². The summed E-state index contributed by atoms with van der Waals surface area (Å²) in [6.07, 6.45) is 5.72. The molecule has 2 fully saturated rings. The van der Waals surface area contributed by atoms with E-state index in [0.717, 1.165) is 64.4 Å². The minimum Gasteiger partial charge on any atom is -0.378 e. The lowest BCUT2D eigenvalue weighted by Crippen LogP contribution is -2.50. The third kappa shape index (κ3) is 5.42. The highest BCUT2D eigenvalue weighted by molar-refractivity contribution is 7.11. The fraction of sp³-hybridized carbons (Fsp3) is 0.737. The van der Waals surface area contributed by atoms with Crippen molar-refractivity contribution in [2.75, 3.05) is 53.0 Å². The molecule has 3 rings (SSSR count). The van der Waals surface area contributed by atoms with E-state index in [2.05, 4.69) is 27.1 Å². The van der Waals surface area contributed by atoms with Crippen LogP contribution in [-0.4, -0.2) is 79.6 Å². The zero-order chi connectivity index (χ0) is 19.1.